The van der Waals surface area contributed by atoms with E-state index in [1.165, 1.54) is 0 Å². The molecule has 0 radical (unpaired) electrons. The van der Waals surface area contributed by atoms with E-state index in [1.807, 2.05) is 55.4 Å². The topological polar surface area (TPSA) is 55.4 Å². The Balaban J connectivity index is 2.79. The van der Waals surface area contributed by atoms with Gasteiger partial charge in [-0.25, -0.2) is 0 Å². The minimum atomic E-state index is -0.503. The lowest BCUT2D eigenvalue weighted by molar-refractivity contribution is -0.370. The second-order valence-electron chi connectivity index (χ2n) is 7.22. The van der Waals surface area contributed by atoms with Gasteiger partial charge in [0.05, 0.1) is 37.6 Å². The van der Waals surface area contributed by atoms with Crippen LogP contribution in [0.3, 0.4) is 0 Å². The summed E-state index contributed by atoms with van der Waals surface area (Å²) >= 11 is 0. The summed E-state index contributed by atoms with van der Waals surface area (Å²) in [6.45, 7) is 16.6. The van der Waals surface area contributed by atoms with Gasteiger partial charge in [0.2, 0.25) is 0 Å². The van der Waals surface area contributed by atoms with Gasteiger partial charge in [0, 0.05) is 0 Å². The van der Waals surface area contributed by atoms with Gasteiger partial charge in [-0.3, -0.25) is 0 Å². The van der Waals surface area contributed by atoms with E-state index in [0.717, 1.165) is 0 Å². The van der Waals surface area contributed by atoms with Crippen molar-refractivity contribution in [2.45, 2.75) is 105 Å². The normalized spacial score (nSPS) is 28.5. The Labute approximate surface area is 147 Å². The molecule has 144 valence electrons. The minimum absolute atomic E-state index is 0.0226. The van der Waals surface area contributed by atoms with Crippen molar-refractivity contribution in [3.63, 3.8) is 0 Å². The highest BCUT2D eigenvalue weighted by Crippen LogP contribution is 2.25. The first kappa shape index (κ1) is 21.8. The Kier molecular flexibility index (Phi) is 9.71. The average Bonchev–Trinajstić information content (AvgIpc) is 2.44. The maximum absolute atomic E-state index is 6.13. The molecule has 1 aliphatic heterocycles. The predicted molar refractivity (Wildman–Crippen MR) is 91.9 cm³/mol. The van der Waals surface area contributed by atoms with Crippen LogP contribution in [0, 0.1) is 0 Å². The molecule has 1 rings (SSSR count). The number of ether oxygens (including phenoxy) is 6. The monoisotopic (exact) mass is 348 g/mol. The van der Waals surface area contributed by atoms with Gasteiger partial charge in [0.25, 0.3) is 0 Å². The predicted octanol–water partition coefficient (Wildman–Crippen LogP) is 3.12. The van der Waals surface area contributed by atoms with Crippen LogP contribution < -0.4 is 0 Å². The Bertz CT molecular complexity index is 299. The second-order valence-corrected chi connectivity index (χ2v) is 7.22. The van der Waals surface area contributed by atoms with Crippen molar-refractivity contribution in [3.8, 4) is 0 Å². The van der Waals surface area contributed by atoms with Crippen molar-refractivity contribution in [1.82, 2.24) is 0 Å². The van der Waals surface area contributed by atoms with Crippen molar-refractivity contribution >= 4 is 0 Å². The first-order chi connectivity index (χ1) is 11.2. The van der Waals surface area contributed by atoms with Crippen LogP contribution in [0.4, 0.5) is 0 Å². The molecule has 0 bridgehead atoms. The van der Waals surface area contributed by atoms with Crippen LogP contribution in [0.5, 0.6) is 0 Å². The highest BCUT2D eigenvalue weighted by atomic mass is 16.8. The highest BCUT2D eigenvalue weighted by molar-refractivity contribution is 4.77. The van der Waals surface area contributed by atoms with Gasteiger partial charge in [-0.15, -0.1) is 0 Å². The quantitative estimate of drug-likeness (QED) is 0.605. The van der Waals surface area contributed by atoms with E-state index in [9.17, 15) is 0 Å². The molecule has 6 nitrogen and oxygen atoms in total. The molecular weight excluding hydrogens is 312 g/mol. The molecule has 1 aliphatic rings. The van der Waals surface area contributed by atoms with E-state index in [-0.39, 0.29) is 36.6 Å². The van der Waals surface area contributed by atoms with Crippen LogP contribution in [0.15, 0.2) is 0 Å². The van der Waals surface area contributed by atoms with E-state index in [0.29, 0.717) is 13.2 Å². The zero-order valence-electron chi connectivity index (χ0n) is 16.5. The summed E-state index contributed by atoms with van der Waals surface area (Å²) in [6, 6.07) is 0. The van der Waals surface area contributed by atoms with E-state index >= 15 is 0 Å². The van der Waals surface area contributed by atoms with Crippen molar-refractivity contribution in [2.24, 2.45) is 0 Å². The Morgan fingerprint density at radius 3 is 1.17 bits per heavy atom. The van der Waals surface area contributed by atoms with Crippen LogP contribution in [-0.4, -0.2) is 62.4 Å². The van der Waals surface area contributed by atoms with E-state index in [1.54, 1.807) is 0 Å². The molecule has 6 heteroatoms. The van der Waals surface area contributed by atoms with Crippen LogP contribution in [0.25, 0.3) is 0 Å². The van der Waals surface area contributed by atoms with Crippen molar-refractivity contribution in [2.75, 3.05) is 13.2 Å². The van der Waals surface area contributed by atoms with Gasteiger partial charge in [-0.1, -0.05) is 0 Å². The molecule has 1 saturated heterocycles. The van der Waals surface area contributed by atoms with Gasteiger partial charge in [-0.05, 0) is 55.4 Å². The molecular formula is C18H36O6. The molecule has 0 amide bonds. The third-order valence-corrected chi connectivity index (χ3v) is 3.23. The third-order valence-electron chi connectivity index (χ3n) is 3.23. The smallest absolute Gasteiger partial charge is 0.187 e. The first-order valence-corrected chi connectivity index (χ1v) is 9.04. The third kappa shape index (κ3) is 8.23. The van der Waals surface area contributed by atoms with Crippen LogP contribution >= 0.6 is 0 Å². The number of hydrogen-bond donors (Lipinski definition) is 0. The van der Waals surface area contributed by atoms with E-state index in [4.69, 9.17) is 28.4 Å². The van der Waals surface area contributed by atoms with E-state index < -0.39 is 12.6 Å². The van der Waals surface area contributed by atoms with Gasteiger partial charge >= 0.3 is 0 Å². The standard InChI is InChI=1S/C18H36O6/c1-11(2)19-9-15-17(21-13(5)6)24-16(10-20-12(3)4)18(23-15)22-14(7)8/h11-18H,9-10H2,1-8H3/t15-,16+,17+,18-. The van der Waals surface area contributed by atoms with Gasteiger partial charge in [0.1, 0.15) is 12.2 Å². The maximum atomic E-state index is 6.13. The fourth-order valence-corrected chi connectivity index (χ4v) is 2.23. The molecule has 1 heterocycles. The summed E-state index contributed by atoms with van der Waals surface area (Å²) in [4.78, 5) is 0. The molecule has 0 spiro atoms. The van der Waals surface area contributed by atoms with Crippen molar-refractivity contribution < 1.29 is 28.4 Å². The molecule has 0 unspecified atom stereocenters. The molecule has 0 N–H and O–H groups in total. The molecule has 24 heavy (non-hydrogen) atoms. The minimum Gasteiger partial charge on any atom is -0.376 e. The SMILES string of the molecule is CC(C)OC[C@@H]1O[C@H](OC(C)C)[C@@H](COC(C)C)O[C@H]1OC(C)C. The Morgan fingerprint density at radius 2 is 0.917 bits per heavy atom. The van der Waals surface area contributed by atoms with E-state index in [2.05, 4.69) is 0 Å². The van der Waals surface area contributed by atoms with Crippen LogP contribution in [-0.2, 0) is 28.4 Å². The first-order valence-electron chi connectivity index (χ1n) is 9.04. The fraction of sp³-hybridized carbons (Fsp3) is 1.00. The Morgan fingerprint density at radius 1 is 0.583 bits per heavy atom. The van der Waals surface area contributed by atoms with Crippen LogP contribution in [0.1, 0.15) is 55.4 Å². The maximum Gasteiger partial charge on any atom is 0.187 e. The molecule has 0 aliphatic carbocycles. The summed E-state index contributed by atoms with van der Waals surface area (Å²) in [5.41, 5.74) is 0. The Hall–Kier alpha value is -0.240. The van der Waals surface area contributed by atoms with Crippen molar-refractivity contribution in [1.29, 1.82) is 0 Å². The lowest BCUT2D eigenvalue weighted by atomic mass is 10.2. The largest absolute Gasteiger partial charge is 0.376 e. The molecule has 4 atom stereocenters. The molecule has 1 fully saturated rings. The number of hydrogen-bond acceptors (Lipinski definition) is 6. The highest BCUT2D eigenvalue weighted by Gasteiger charge is 2.41. The van der Waals surface area contributed by atoms with Gasteiger partial charge < -0.3 is 28.4 Å². The van der Waals surface area contributed by atoms with Gasteiger partial charge in [0.15, 0.2) is 12.6 Å². The summed E-state index contributed by atoms with van der Waals surface area (Å²) < 4.78 is 35.5. The average molecular weight is 348 g/mol. The number of rotatable bonds is 10. The summed E-state index contributed by atoms with van der Waals surface area (Å²) in [5.74, 6) is 0. The zero-order chi connectivity index (χ0) is 18.3. The summed E-state index contributed by atoms with van der Waals surface area (Å²) in [7, 11) is 0. The molecule has 0 aromatic heterocycles. The van der Waals surface area contributed by atoms with Gasteiger partial charge in [-0.2, -0.15) is 0 Å². The lowest BCUT2D eigenvalue weighted by Gasteiger charge is -2.42. The fourth-order valence-electron chi connectivity index (χ4n) is 2.23. The molecule has 0 saturated carbocycles. The van der Waals surface area contributed by atoms with Crippen LogP contribution in [0.2, 0.25) is 0 Å². The van der Waals surface area contributed by atoms with Crippen molar-refractivity contribution in [3.05, 3.63) is 0 Å². The summed E-state index contributed by atoms with van der Waals surface area (Å²) in [5, 5.41) is 0. The lowest BCUT2D eigenvalue weighted by Crippen LogP contribution is -2.55. The molecule has 0 aromatic carbocycles. The summed E-state index contributed by atoms with van der Waals surface area (Å²) in [6.07, 6.45) is -1.42. The second kappa shape index (κ2) is 10.7. The molecule has 0 aromatic rings. The zero-order valence-corrected chi connectivity index (χ0v) is 16.5.